The summed E-state index contributed by atoms with van der Waals surface area (Å²) in [5, 5.41) is 16.7. The zero-order valence-corrected chi connectivity index (χ0v) is 13.6. The molecule has 4 rings (SSSR count). The van der Waals surface area contributed by atoms with E-state index in [-0.39, 0.29) is 6.42 Å². The van der Waals surface area contributed by atoms with Crippen molar-refractivity contribution in [1.29, 1.82) is 0 Å². The molecule has 2 heteroatoms. The predicted molar refractivity (Wildman–Crippen MR) is 100.0 cm³/mol. The van der Waals surface area contributed by atoms with Crippen LogP contribution in [-0.2, 0) is 11.2 Å². The largest absolute Gasteiger partial charge is 0.481 e. The maximum Gasteiger partial charge on any atom is 0.303 e. The Hall–Kier alpha value is -2.61. The van der Waals surface area contributed by atoms with Crippen LogP contribution in [0.15, 0.2) is 54.6 Å². The summed E-state index contributed by atoms with van der Waals surface area (Å²) in [5.74, 6) is -0.697. The van der Waals surface area contributed by atoms with E-state index in [1.807, 2.05) is 0 Å². The van der Waals surface area contributed by atoms with E-state index >= 15 is 0 Å². The smallest absolute Gasteiger partial charge is 0.303 e. The molecule has 1 N–H and O–H groups in total. The normalized spacial score (nSPS) is 11.7. The lowest BCUT2D eigenvalue weighted by Crippen LogP contribution is -1.95. The molecule has 0 unspecified atom stereocenters. The summed E-state index contributed by atoms with van der Waals surface area (Å²) in [6, 6.07) is 19.8. The number of carboxylic acids is 1. The predicted octanol–water partition coefficient (Wildman–Crippen LogP) is 5.77. The molecule has 0 aliphatic heterocycles. The summed E-state index contributed by atoms with van der Waals surface area (Å²) in [6.07, 6.45) is 4.05. The number of unbranched alkanes of at least 4 members (excludes halogenated alkanes) is 2. The van der Waals surface area contributed by atoms with Gasteiger partial charge in [0.05, 0.1) is 0 Å². The van der Waals surface area contributed by atoms with Crippen LogP contribution >= 0.6 is 0 Å². The minimum Gasteiger partial charge on any atom is -0.481 e. The Balaban J connectivity index is 1.70. The zero-order valence-electron chi connectivity index (χ0n) is 13.6. The van der Waals surface area contributed by atoms with Crippen LogP contribution < -0.4 is 0 Å². The SMILES string of the molecule is O=C(O)CCCCCc1ccc2ccc3cccc4ccc1c2c34. The van der Waals surface area contributed by atoms with Crippen LogP contribution in [-0.4, -0.2) is 11.1 Å². The molecule has 0 atom stereocenters. The number of hydrogen-bond acceptors (Lipinski definition) is 1. The molecule has 0 aliphatic rings. The van der Waals surface area contributed by atoms with Crippen LogP contribution in [0.2, 0.25) is 0 Å². The fraction of sp³-hybridized carbons (Fsp3) is 0.227. The van der Waals surface area contributed by atoms with Crippen molar-refractivity contribution in [2.75, 3.05) is 0 Å². The van der Waals surface area contributed by atoms with E-state index in [0.29, 0.717) is 0 Å². The van der Waals surface area contributed by atoms with Gasteiger partial charge >= 0.3 is 5.97 Å². The highest BCUT2D eigenvalue weighted by atomic mass is 16.4. The average Bonchev–Trinajstić information content (AvgIpc) is 2.60. The van der Waals surface area contributed by atoms with Gasteiger partial charge in [0.15, 0.2) is 0 Å². The van der Waals surface area contributed by atoms with Crippen molar-refractivity contribution in [3.8, 4) is 0 Å². The van der Waals surface area contributed by atoms with Gasteiger partial charge in [-0.15, -0.1) is 0 Å². The van der Waals surface area contributed by atoms with Crippen molar-refractivity contribution < 1.29 is 9.90 Å². The molecule has 0 heterocycles. The van der Waals surface area contributed by atoms with Gasteiger partial charge in [-0.2, -0.15) is 0 Å². The first-order chi connectivity index (χ1) is 11.7. The van der Waals surface area contributed by atoms with Gasteiger partial charge in [0.2, 0.25) is 0 Å². The van der Waals surface area contributed by atoms with Gasteiger partial charge in [0, 0.05) is 6.42 Å². The Morgan fingerprint density at radius 2 is 1.42 bits per heavy atom. The second kappa shape index (κ2) is 6.12. The van der Waals surface area contributed by atoms with Crippen LogP contribution in [0.5, 0.6) is 0 Å². The second-order valence-electron chi connectivity index (χ2n) is 6.54. The summed E-state index contributed by atoms with van der Waals surface area (Å²) in [6.45, 7) is 0. The van der Waals surface area contributed by atoms with E-state index in [0.717, 1.165) is 25.7 Å². The van der Waals surface area contributed by atoms with E-state index in [1.54, 1.807) is 0 Å². The maximum absolute atomic E-state index is 10.6. The molecule has 0 amide bonds. The molecule has 0 spiro atoms. The fourth-order valence-electron chi connectivity index (χ4n) is 3.78. The van der Waals surface area contributed by atoms with Crippen molar-refractivity contribution in [3.05, 3.63) is 60.2 Å². The quantitative estimate of drug-likeness (QED) is 0.362. The number of benzene rings is 4. The Labute approximate surface area is 141 Å². The minimum atomic E-state index is -0.697. The lowest BCUT2D eigenvalue weighted by molar-refractivity contribution is -0.137. The Kier molecular flexibility index (Phi) is 3.81. The first-order valence-electron chi connectivity index (χ1n) is 8.61. The van der Waals surface area contributed by atoms with Gasteiger partial charge in [-0.3, -0.25) is 4.79 Å². The number of aryl methyl sites for hydroxylation is 1. The number of hydrogen-bond donors (Lipinski definition) is 1. The first-order valence-corrected chi connectivity index (χ1v) is 8.61. The van der Waals surface area contributed by atoms with E-state index < -0.39 is 5.97 Å². The fourth-order valence-corrected chi connectivity index (χ4v) is 3.78. The molecule has 0 saturated heterocycles. The molecule has 24 heavy (non-hydrogen) atoms. The Bertz CT molecular complexity index is 1000. The summed E-state index contributed by atoms with van der Waals surface area (Å²) in [5.41, 5.74) is 1.37. The Morgan fingerprint density at radius 1 is 0.750 bits per heavy atom. The molecule has 4 aromatic rings. The van der Waals surface area contributed by atoms with E-state index in [9.17, 15) is 4.79 Å². The second-order valence-corrected chi connectivity index (χ2v) is 6.54. The van der Waals surface area contributed by atoms with Crippen LogP contribution in [0.1, 0.15) is 31.2 Å². The van der Waals surface area contributed by atoms with Crippen molar-refractivity contribution in [1.82, 2.24) is 0 Å². The van der Waals surface area contributed by atoms with Gasteiger partial charge in [-0.25, -0.2) is 0 Å². The zero-order chi connectivity index (χ0) is 16.5. The van der Waals surface area contributed by atoms with Crippen molar-refractivity contribution in [2.24, 2.45) is 0 Å². The summed E-state index contributed by atoms with van der Waals surface area (Å²) in [7, 11) is 0. The minimum absolute atomic E-state index is 0.276. The molecule has 0 aliphatic carbocycles. The van der Waals surface area contributed by atoms with Crippen LogP contribution in [0, 0.1) is 0 Å². The number of carboxylic acid groups (broad SMARTS) is 1. The number of rotatable bonds is 6. The Morgan fingerprint density at radius 3 is 2.17 bits per heavy atom. The molecule has 0 fully saturated rings. The van der Waals surface area contributed by atoms with Crippen LogP contribution in [0.25, 0.3) is 32.3 Å². The van der Waals surface area contributed by atoms with Crippen molar-refractivity contribution in [3.63, 3.8) is 0 Å². The topological polar surface area (TPSA) is 37.3 Å². The van der Waals surface area contributed by atoms with Crippen molar-refractivity contribution in [2.45, 2.75) is 32.1 Å². The van der Waals surface area contributed by atoms with Gasteiger partial charge in [0.1, 0.15) is 0 Å². The molecule has 0 aromatic heterocycles. The third-order valence-corrected chi connectivity index (χ3v) is 4.96. The maximum atomic E-state index is 10.6. The summed E-state index contributed by atoms with van der Waals surface area (Å²) in [4.78, 5) is 10.6. The standard InChI is InChI=1S/C22H20O2/c23-20(24)8-3-1-2-5-15-9-10-18-12-11-16-6-4-7-17-13-14-19(15)22(18)21(16)17/h4,6-7,9-14H,1-3,5,8H2,(H,23,24). The molecule has 0 bridgehead atoms. The number of aliphatic carboxylic acids is 1. The summed E-state index contributed by atoms with van der Waals surface area (Å²) >= 11 is 0. The van der Waals surface area contributed by atoms with E-state index in [2.05, 4.69) is 54.6 Å². The van der Waals surface area contributed by atoms with E-state index in [4.69, 9.17) is 5.11 Å². The summed E-state index contributed by atoms with van der Waals surface area (Å²) < 4.78 is 0. The first kappa shape index (κ1) is 14.9. The monoisotopic (exact) mass is 316 g/mol. The van der Waals surface area contributed by atoms with Gasteiger partial charge in [-0.1, -0.05) is 61.0 Å². The number of carbonyl (C=O) groups is 1. The lowest BCUT2D eigenvalue weighted by atomic mass is 9.90. The van der Waals surface area contributed by atoms with Crippen LogP contribution in [0.3, 0.4) is 0 Å². The third-order valence-electron chi connectivity index (χ3n) is 4.96. The average molecular weight is 316 g/mol. The van der Waals surface area contributed by atoms with E-state index in [1.165, 1.54) is 37.9 Å². The third kappa shape index (κ3) is 2.58. The van der Waals surface area contributed by atoms with Gasteiger partial charge in [-0.05, 0) is 57.1 Å². The highest BCUT2D eigenvalue weighted by Gasteiger charge is 2.10. The highest BCUT2D eigenvalue weighted by Crippen LogP contribution is 2.36. The molecule has 120 valence electrons. The van der Waals surface area contributed by atoms with Crippen molar-refractivity contribution >= 4 is 38.3 Å². The molecule has 0 radical (unpaired) electrons. The lowest BCUT2D eigenvalue weighted by Gasteiger charge is -2.13. The molecule has 0 saturated carbocycles. The molecular weight excluding hydrogens is 296 g/mol. The van der Waals surface area contributed by atoms with Gasteiger partial charge < -0.3 is 5.11 Å². The molecular formula is C22H20O2. The molecule has 2 nitrogen and oxygen atoms in total. The highest BCUT2D eigenvalue weighted by molar-refractivity contribution is 6.23. The molecule has 4 aromatic carbocycles. The van der Waals surface area contributed by atoms with Crippen LogP contribution in [0.4, 0.5) is 0 Å². The van der Waals surface area contributed by atoms with Gasteiger partial charge in [0.25, 0.3) is 0 Å².